The first kappa shape index (κ1) is 15.5. The van der Waals surface area contributed by atoms with E-state index in [1.54, 1.807) is 25.1 Å². The van der Waals surface area contributed by atoms with Crippen molar-refractivity contribution >= 4 is 17.0 Å². The molecule has 0 spiro atoms. The summed E-state index contributed by atoms with van der Waals surface area (Å²) in [5.74, 6) is -0.0867. The molecule has 0 bridgehead atoms. The third-order valence-electron chi connectivity index (χ3n) is 3.31. The first-order valence-electron chi connectivity index (χ1n) is 7.32. The molecule has 122 valence electrons. The van der Waals surface area contributed by atoms with Gasteiger partial charge in [0.1, 0.15) is 22.5 Å². The van der Waals surface area contributed by atoms with Gasteiger partial charge in [-0.1, -0.05) is 18.2 Å². The SMILES string of the molecule is CCOC(=O)/C=C/Oc1cccc(O)c1-c1cccc2n[nH]nc12. The van der Waals surface area contributed by atoms with Gasteiger partial charge in [0.15, 0.2) is 0 Å². The molecule has 24 heavy (non-hydrogen) atoms. The van der Waals surface area contributed by atoms with Crippen LogP contribution < -0.4 is 4.74 Å². The van der Waals surface area contributed by atoms with Gasteiger partial charge in [-0.15, -0.1) is 0 Å². The van der Waals surface area contributed by atoms with Gasteiger partial charge in [0.05, 0.1) is 24.5 Å². The average molecular weight is 325 g/mol. The zero-order valence-electron chi connectivity index (χ0n) is 12.9. The van der Waals surface area contributed by atoms with Crippen LogP contribution in [0.1, 0.15) is 6.92 Å². The molecule has 0 unspecified atom stereocenters. The second-order valence-corrected chi connectivity index (χ2v) is 4.82. The summed E-state index contributed by atoms with van der Waals surface area (Å²) < 4.78 is 10.3. The predicted molar refractivity (Wildman–Crippen MR) is 87.4 cm³/mol. The van der Waals surface area contributed by atoms with E-state index in [0.717, 1.165) is 0 Å². The van der Waals surface area contributed by atoms with E-state index in [1.807, 2.05) is 18.2 Å². The van der Waals surface area contributed by atoms with Crippen molar-refractivity contribution in [1.82, 2.24) is 15.4 Å². The highest BCUT2D eigenvalue weighted by atomic mass is 16.5. The molecular weight excluding hydrogens is 310 g/mol. The highest BCUT2D eigenvalue weighted by Gasteiger charge is 2.16. The van der Waals surface area contributed by atoms with Crippen LogP contribution in [-0.4, -0.2) is 33.1 Å². The van der Waals surface area contributed by atoms with Gasteiger partial charge in [-0.3, -0.25) is 0 Å². The molecule has 0 fully saturated rings. The van der Waals surface area contributed by atoms with Gasteiger partial charge in [-0.2, -0.15) is 15.4 Å². The Labute approximate surface area is 137 Å². The number of hydrogen-bond donors (Lipinski definition) is 2. The Morgan fingerprint density at radius 2 is 2.08 bits per heavy atom. The number of carbonyl (C=O) groups excluding carboxylic acids is 1. The maximum atomic E-state index is 11.3. The lowest BCUT2D eigenvalue weighted by atomic mass is 10.0. The molecule has 2 N–H and O–H groups in total. The zero-order chi connectivity index (χ0) is 16.9. The van der Waals surface area contributed by atoms with Crippen molar-refractivity contribution in [2.45, 2.75) is 6.92 Å². The topological polar surface area (TPSA) is 97.3 Å². The summed E-state index contributed by atoms with van der Waals surface area (Å²) in [5.41, 5.74) is 2.41. The van der Waals surface area contributed by atoms with E-state index in [-0.39, 0.29) is 12.4 Å². The Hall–Kier alpha value is -3.35. The van der Waals surface area contributed by atoms with Crippen molar-refractivity contribution in [2.24, 2.45) is 0 Å². The van der Waals surface area contributed by atoms with Crippen molar-refractivity contribution in [2.75, 3.05) is 6.61 Å². The first-order chi connectivity index (χ1) is 11.7. The van der Waals surface area contributed by atoms with Crippen LogP contribution in [0.2, 0.25) is 0 Å². The Morgan fingerprint density at radius 3 is 2.92 bits per heavy atom. The van der Waals surface area contributed by atoms with Gasteiger partial charge < -0.3 is 14.6 Å². The van der Waals surface area contributed by atoms with Gasteiger partial charge >= 0.3 is 5.97 Å². The average Bonchev–Trinajstić information content (AvgIpc) is 3.04. The largest absolute Gasteiger partial charge is 0.507 e. The zero-order valence-corrected chi connectivity index (χ0v) is 12.9. The number of fused-ring (bicyclic) bond motifs is 1. The van der Waals surface area contributed by atoms with Gasteiger partial charge in [-0.05, 0) is 25.1 Å². The Kier molecular flexibility index (Phi) is 4.42. The summed E-state index contributed by atoms with van der Waals surface area (Å²) in [7, 11) is 0. The number of rotatable bonds is 5. The van der Waals surface area contributed by atoms with Crippen LogP contribution >= 0.6 is 0 Å². The number of para-hydroxylation sites is 1. The number of ether oxygens (including phenoxy) is 2. The molecule has 0 saturated heterocycles. The number of benzene rings is 2. The monoisotopic (exact) mass is 325 g/mol. The van der Waals surface area contributed by atoms with Crippen LogP contribution in [0, 0.1) is 0 Å². The molecule has 0 amide bonds. The van der Waals surface area contributed by atoms with E-state index in [9.17, 15) is 9.90 Å². The standard InChI is InChI=1S/C17H15N3O4/c1-2-23-15(22)9-10-24-14-8-4-7-13(21)16(14)11-5-3-6-12-17(11)19-20-18-12/h3-10,21H,2H2,1H3,(H,18,19,20)/b10-9+. The molecule has 1 aromatic heterocycles. The number of esters is 1. The van der Waals surface area contributed by atoms with Crippen LogP contribution in [0.15, 0.2) is 48.7 Å². The van der Waals surface area contributed by atoms with E-state index >= 15 is 0 Å². The first-order valence-corrected chi connectivity index (χ1v) is 7.32. The number of carbonyl (C=O) groups is 1. The minimum Gasteiger partial charge on any atom is -0.507 e. The van der Waals surface area contributed by atoms with E-state index in [1.165, 1.54) is 12.3 Å². The number of nitrogens with zero attached hydrogens (tertiary/aromatic N) is 2. The molecular formula is C17H15N3O4. The van der Waals surface area contributed by atoms with E-state index in [2.05, 4.69) is 15.4 Å². The number of hydrogen-bond acceptors (Lipinski definition) is 6. The number of aromatic amines is 1. The number of phenols is 1. The van der Waals surface area contributed by atoms with Crippen molar-refractivity contribution in [3.8, 4) is 22.6 Å². The molecule has 2 aromatic carbocycles. The number of aromatic hydroxyl groups is 1. The Balaban J connectivity index is 1.99. The summed E-state index contributed by atoms with van der Waals surface area (Å²) >= 11 is 0. The summed E-state index contributed by atoms with van der Waals surface area (Å²) in [6.45, 7) is 2.01. The lowest BCUT2D eigenvalue weighted by Gasteiger charge is -2.11. The fraction of sp³-hybridized carbons (Fsp3) is 0.118. The minimum absolute atomic E-state index is 0.0348. The van der Waals surface area contributed by atoms with Crippen LogP contribution in [0.3, 0.4) is 0 Å². The minimum atomic E-state index is -0.502. The van der Waals surface area contributed by atoms with Gasteiger partial charge in [0.25, 0.3) is 0 Å². The number of aromatic nitrogens is 3. The van der Waals surface area contributed by atoms with Gasteiger partial charge in [-0.25, -0.2) is 4.79 Å². The van der Waals surface area contributed by atoms with E-state index in [4.69, 9.17) is 9.47 Å². The van der Waals surface area contributed by atoms with Gasteiger partial charge in [0, 0.05) is 5.56 Å². The third kappa shape index (κ3) is 3.05. The van der Waals surface area contributed by atoms with Crippen LogP contribution in [0.4, 0.5) is 0 Å². The second-order valence-electron chi connectivity index (χ2n) is 4.82. The highest BCUT2D eigenvalue weighted by molar-refractivity contribution is 5.95. The maximum Gasteiger partial charge on any atom is 0.333 e. The molecule has 0 atom stereocenters. The van der Waals surface area contributed by atoms with Crippen molar-refractivity contribution in [3.05, 3.63) is 48.7 Å². The quantitative estimate of drug-likeness (QED) is 0.425. The molecule has 0 aliphatic heterocycles. The second kappa shape index (κ2) is 6.82. The summed E-state index contributed by atoms with van der Waals surface area (Å²) in [4.78, 5) is 11.3. The normalized spacial score (nSPS) is 11.0. The summed E-state index contributed by atoms with van der Waals surface area (Å²) in [6, 6.07) is 10.3. The summed E-state index contributed by atoms with van der Waals surface area (Å²) in [5, 5.41) is 21.0. The van der Waals surface area contributed by atoms with Crippen molar-refractivity contribution < 1.29 is 19.4 Å². The van der Waals surface area contributed by atoms with Crippen LogP contribution in [-0.2, 0) is 9.53 Å². The molecule has 7 nitrogen and oxygen atoms in total. The number of nitrogens with one attached hydrogen (secondary N) is 1. The number of phenolic OH excluding ortho intramolecular Hbond substituents is 1. The Bertz CT molecular complexity index is 902. The molecule has 0 aliphatic rings. The smallest absolute Gasteiger partial charge is 0.333 e. The summed E-state index contributed by atoms with van der Waals surface area (Å²) in [6.07, 6.45) is 2.40. The lowest BCUT2D eigenvalue weighted by molar-refractivity contribution is -0.137. The third-order valence-corrected chi connectivity index (χ3v) is 3.31. The molecule has 0 radical (unpaired) electrons. The van der Waals surface area contributed by atoms with Crippen molar-refractivity contribution in [1.29, 1.82) is 0 Å². The molecule has 0 saturated carbocycles. The Morgan fingerprint density at radius 1 is 1.25 bits per heavy atom. The molecule has 0 aliphatic carbocycles. The predicted octanol–water partition coefficient (Wildman–Crippen LogP) is 2.79. The van der Waals surface area contributed by atoms with Crippen molar-refractivity contribution in [3.63, 3.8) is 0 Å². The fourth-order valence-electron chi connectivity index (χ4n) is 2.31. The molecule has 1 heterocycles. The fourth-order valence-corrected chi connectivity index (χ4v) is 2.31. The van der Waals surface area contributed by atoms with E-state index < -0.39 is 5.97 Å². The van der Waals surface area contributed by atoms with Crippen LogP contribution in [0.25, 0.3) is 22.2 Å². The molecule has 3 rings (SSSR count). The highest BCUT2D eigenvalue weighted by Crippen LogP contribution is 2.40. The van der Waals surface area contributed by atoms with Gasteiger partial charge in [0.2, 0.25) is 0 Å². The van der Waals surface area contributed by atoms with Crippen LogP contribution in [0.5, 0.6) is 11.5 Å². The lowest BCUT2D eigenvalue weighted by Crippen LogP contribution is -2.00. The van der Waals surface area contributed by atoms with E-state index in [0.29, 0.717) is 27.9 Å². The molecule has 3 aromatic rings. The molecule has 7 heteroatoms. The maximum absolute atomic E-state index is 11.3. The number of H-pyrrole nitrogens is 1.